The molecule has 2 aliphatic rings. The van der Waals surface area contributed by atoms with Gasteiger partial charge in [-0.05, 0) is 43.6 Å². The molecule has 0 spiro atoms. The first-order valence-electron chi connectivity index (χ1n) is 9.48. The highest BCUT2D eigenvalue weighted by Gasteiger charge is 2.36. The summed E-state index contributed by atoms with van der Waals surface area (Å²) < 4.78 is 0. The second-order valence-electron chi connectivity index (χ2n) is 7.35. The Morgan fingerprint density at radius 3 is 2.59 bits per heavy atom. The van der Waals surface area contributed by atoms with E-state index in [4.69, 9.17) is 0 Å². The fraction of sp³-hybridized carbons (Fsp3) is 0.450. The molecule has 1 aromatic carbocycles. The van der Waals surface area contributed by atoms with Gasteiger partial charge in [0.2, 0.25) is 0 Å². The van der Waals surface area contributed by atoms with E-state index in [1.54, 1.807) is 6.33 Å². The molecule has 4 rings (SSSR count). The van der Waals surface area contributed by atoms with Crippen LogP contribution in [-0.2, 0) is 24.3 Å². The molecule has 1 saturated heterocycles. The van der Waals surface area contributed by atoms with Crippen molar-refractivity contribution in [2.75, 3.05) is 13.1 Å². The van der Waals surface area contributed by atoms with Crippen LogP contribution in [0.15, 0.2) is 30.6 Å². The van der Waals surface area contributed by atoms with Gasteiger partial charge in [-0.3, -0.25) is 9.69 Å². The highest BCUT2D eigenvalue weighted by Crippen LogP contribution is 2.23. The zero-order chi connectivity index (χ0) is 18.8. The van der Waals surface area contributed by atoms with E-state index in [0.717, 1.165) is 31.0 Å². The molecule has 7 heteroatoms. The lowest BCUT2D eigenvalue weighted by Crippen LogP contribution is -2.48. The van der Waals surface area contributed by atoms with Crippen LogP contribution < -0.4 is 0 Å². The molecule has 7 nitrogen and oxygen atoms in total. The van der Waals surface area contributed by atoms with Gasteiger partial charge in [0, 0.05) is 18.5 Å². The van der Waals surface area contributed by atoms with Crippen LogP contribution in [0.3, 0.4) is 0 Å². The van der Waals surface area contributed by atoms with Crippen molar-refractivity contribution in [3.8, 4) is 0 Å². The van der Waals surface area contributed by atoms with Gasteiger partial charge >= 0.3 is 5.97 Å². The minimum Gasteiger partial charge on any atom is -0.480 e. The molecule has 1 aromatic heterocycles. The second kappa shape index (κ2) is 7.52. The Hall–Kier alpha value is -2.67. The lowest BCUT2D eigenvalue weighted by molar-refractivity contribution is -0.142. The SMILES string of the molecule is O=C(O)[C@@H]1Cc2nc[nH]c2CN1C(=O)c1ccc(CN2CCCCC2)cc1. The number of aromatic nitrogens is 2. The van der Waals surface area contributed by atoms with E-state index in [-0.39, 0.29) is 18.9 Å². The predicted octanol–water partition coefficient (Wildman–Crippen LogP) is 2.05. The molecule has 0 aliphatic carbocycles. The molecular formula is C20H24N4O3. The average molecular weight is 368 g/mol. The number of aromatic amines is 1. The van der Waals surface area contributed by atoms with Gasteiger partial charge in [0.15, 0.2) is 0 Å². The van der Waals surface area contributed by atoms with Crippen LogP contribution in [0.25, 0.3) is 0 Å². The Balaban J connectivity index is 1.48. The Morgan fingerprint density at radius 1 is 1.15 bits per heavy atom. The number of benzene rings is 1. The molecule has 0 unspecified atom stereocenters. The number of amides is 1. The molecule has 3 heterocycles. The highest BCUT2D eigenvalue weighted by atomic mass is 16.4. The maximum atomic E-state index is 13.0. The van der Waals surface area contributed by atoms with Gasteiger partial charge < -0.3 is 15.0 Å². The summed E-state index contributed by atoms with van der Waals surface area (Å²) in [6.07, 6.45) is 5.58. The van der Waals surface area contributed by atoms with Crippen LogP contribution in [0, 0.1) is 0 Å². The number of carbonyl (C=O) groups excluding carboxylic acids is 1. The Kier molecular flexibility index (Phi) is 4.94. The molecule has 2 aliphatic heterocycles. The average Bonchev–Trinajstić information content (AvgIpc) is 3.15. The number of piperidine rings is 1. The van der Waals surface area contributed by atoms with Crippen molar-refractivity contribution < 1.29 is 14.7 Å². The van der Waals surface area contributed by atoms with Crippen LogP contribution in [-0.4, -0.2) is 55.9 Å². The number of carboxylic acid groups (broad SMARTS) is 1. The summed E-state index contributed by atoms with van der Waals surface area (Å²) in [6.45, 7) is 3.39. The van der Waals surface area contributed by atoms with Gasteiger partial charge in [-0.1, -0.05) is 18.6 Å². The summed E-state index contributed by atoms with van der Waals surface area (Å²) in [4.78, 5) is 35.7. The molecule has 1 atom stereocenters. The summed E-state index contributed by atoms with van der Waals surface area (Å²) in [7, 11) is 0. The van der Waals surface area contributed by atoms with Gasteiger partial charge in [-0.25, -0.2) is 9.78 Å². The van der Waals surface area contributed by atoms with Crippen LogP contribution in [0.5, 0.6) is 0 Å². The minimum absolute atomic E-state index is 0.229. The number of fused-ring (bicyclic) bond motifs is 1. The summed E-state index contributed by atoms with van der Waals surface area (Å²) in [6, 6.07) is 6.68. The van der Waals surface area contributed by atoms with Crippen molar-refractivity contribution in [2.45, 2.75) is 44.8 Å². The molecule has 2 aromatic rings. The van der Waals surface area contributed by atoms with E-state index in [1.165, 1.54) is 29.7 Å². The van der Waals surface area contributed by atoms with Crippen LogP contribution in [0.4, 0.5) is 0 Å². The molecule has 1 amide bonds. The van der Waals surface area contributed by atoms with Gasteiger partial charge in [0.25, 0.3) is 5.91 Å². The molecule has 27 heavy (non-hydrogen) atoms. The molecule has 0 saturated carbocycles. The van der Waals surface area contributed by atoms with Crippen molar-refractivity contribution in [1.29, 1.82) is 0 Å². The number of imidazole rings is 1. The molecule has 142 valence electrons. The fourth-order valence-electron chi connectivity index (χ4n) is 3.96. The first kappa shape index (κ1) is 17.7. The monoisotopic (exact) mass is 368 g/mol. The third kappa shape index (κ3) is 3.73. The van der Waals surface area contributed by atoms with Crippen molar-refractivity contribution in [3.63, 3.8) is 0 Å². The number of hydrogen-bond donors (Lipinski definition) is 2. The third-order valence-electron chi connectivity index (χ3n) is 5.50. The standard InChI is InChI=1S/C20H24N4O3/c25-19(24-12-17-16(21-13-22-17)10-18(24)20(26)27)15-6-4-14(5-7-15)11-23-8-2-1-3-9-23/h4-7,13,18H,1-3,8-12H2,(H,21,22)(H,26,27)/t18-/m0/s1. The number of carbonyl (C=O) groups is 2. The van der Waals surface area contributed by atoms with Gasteiger partial charge in [-0.2, -0.15) is 0 Å². The highest BCUT2D eigenvalue weighted by molar-refractivity contribution is 5.97. The topological polar surface area (TPSA) is 89.5 Å². The summed E-state index contributed by atoms with van der Waals surface area (Å²) in [5.41, 5.74) is 3.23. The number of carboxylic acids is 1. The quantitative estimate of drug-likeness (QED) is 0.862. The maximum absolute atomic E-state index is 13.0. The van der Waals surface area contributed by atoms with Crippen molar-refractivity contribution in [3.05, 3.63) is 53.1 Å². The Labute approximate surface area is 158 Å². The normalized spacial score (nSPS) is 20.3. The fourth-order valence-corrected chi connectivity index (χ4v) is 3.96. The van der Waals surface area contributed by atoms with E-state index in [2.05, 4.69) is 14.9 Å². The van der Waals surface area contributed by atoms with E-state index >= 15 is 0 Å². The van der Waals surface area contributed by atoms with Crippen LogP contribution in [0.2, 0.25) is 0 Å². The van der Waals surface area contributed by atoms with E-state index < -0.39 is 12.0 Å². The number of H-pyrrole nitrogens is 1. The smallest absolute Gasteiger partial charge is 0.326 e. The zero-order valence-corrected chi connectivity index (χ0v) is 15.2. The minimum atomic E-state index is -1.00. The van der Waals surface area contributed by atoms with Crippen LogP contribution in [0.1, 0.15) is 46.6 Å². The first-order chi connectivity index (χ1) is 13.1. The summed E-state index contributed by atoms with van der Waals surface area (Å²) >= 11 is 0. The second-order valence-corrected chi connectivity index (χ2v) is 7.35. The predicted molar refractivity (Wildman–Crippen MR) is 99.2 cm³/mol. The Bertz CT molecular complexity index is 824. The largest absolute Gasteiger partial charge is 0.480 e. The van der Waals surface area contributed by atoms with Gasteiger partial charge in [0.05, 0.1) is 24.3 Å². The van der Waals surface area contributed by atoms with Gasteiger partial charge in [0.1, 0.15) is 6.04 Å². The lowest BCUT2D eigenvalue weighted by Gasteiger charge is -2.32. The lowest BCUT2D eigenvalue weighted by atomic mass is 10.0. The summed E-state index contributed by atoms with van der Waals surface area (Å²) in [5.74, 6) is -1.26. The van der Waals surface area contributed by atoms with Crippen molar-refractivity contribution in [2.24, 2.45) is 0 Å². The first-order valence-corrected chi connectivity index (χ1v) is 9.48. The van der Waals surface area contributed by atoms with Crippen LogP contribution >= 0.6 is 0 Å². The number of nitrogens with one attached hydrogen (secondary N) is 1. The number of hydrogen-bond acceptors (Lipinski definition) is 4. The van der Waals surface area contributed by atoms with E-state index in [0.29, 0.717) is 5.56 Å². The summed E-state index contributed by atoms with van der Waals surface area (Å²) in [5, 5.41) is 9.56. The van der Waals surface area contributed by atoms with Crippen molar-refractivity contribution >= 4 is 11.9 Å². The third-order valence-corrected chi connectivity index (χ3v) is 5.50. The van der Waals surface area contributed by atoms with E-state index in [1.807, 2.05) is 24.3 Å². The van der Waals surface area contributed by atoms with Gasteiger partial charge in [-0.15, -0.1) is 0 Å². The molecular weight excluding hydrogens is 344 g/mol. The zero-order valence-electron chi connectivity index (χ0n) is 15.2. The molecule has 2 N–H and O–H groups in total. The number of rotatable bonds is 4. The van der Waals surface area contributed by atoms with Crippen molar-refractivity contribution in [1.82, 2.24) is 19.8 Å². The number of aliphatic carboxylic acids is 1. The van der Waals surface area contributed by atoms with E-state index in [9.17, 15) is 14.7 Å². The number of likely N-dealkylation sites (tertiary alicyclic amines) is 1. The Morgan fingerprint density at radius 2 is 1.89 bits per heavy atom. The molecule has 1 fully saturated rings. The number of nitrogens with zero attached hydrogens (tertiary/aromatic N) is 3. The molecule has 0 radical (unpaired) electrons. The molecule has 0 bridgehead atoms. The maximum Gasteiger partial charge on any atom is 0.326 e.